The number of hydrazone groups is 1. The van der Waals surface area contributed by atoms with Crippen molar-refractivity contribution in [3.8, 4) is 0 Å². The summed E-state index contributed by atoms with van der Waals surface area (Å²) in [6.07, 6.45) is 4.67. The van der Waals surface area contributed by atoms with Gasteiger partial charge in [0.05, 0.1) is 6.21 Å². The van der Waals surface area contributed by atoms with E-state index >= 15 is 0 Å². The Hall–Kier alpha value is -3.21. The van der Waals surface area contributed by atoms with Gasteiger partial charge in [-0.15, -0.1) is 0 Å². The number of nitrogens with one attached hydrogen (secondary N) is 2. The second-order valence-corrected chi connectivity index (χ2v) is 4.78. The summed E-state index contributed by atoms with van der Waals surface area (Å²) in [4.78, 5) is 22.5. The van der Waals surface area contributed by atoms with Crippen LogP contribution < -0.4 is 10.7 Å². The van der Waals surface area contributed by atoms with Crippen LogP contribution in [-0.2, 0) is 9.59 Å². The second-order valence-electron chi connectivity index (χ2n) is 4.78. The molecule has 5 nitrogen and oxygen atoms in total. The molecule has 2 rings (SSSR count). The van der Waals surface area contributed by atoms with Gasteiger partial charge in [-0.1, -0.05) is 42.5 Å². The van der Waals surface area contributed by atoms with Gasteiger partial charge >= 0.3 is 0 Å². The maximum absolute atomic E-state index is 11.6. The lowest BCUT2D eigenvalue weighted by Gasteiger charge is -2.01. The van der Waals surface area contributed by atoms with Crippen LogP contribution >= 0.6 is 0 Å². The molecule has 0 unspecified atom stereocenters. The van der Waals surface area contributed by atoms with E-state index in [1.165, 1.54) is 19.2 Å². The molecular weight excluding hydrogens is 290 g/mol. The van der Waals surface area contributed by atoms with E-state index < -0.39 is 0 Å². The molecule has 0 radical (unpaired) electrons. The molecule has 0 fully saturated rings. The summed E-state index contributed by atoms with van der Waals surface area (Å²) in [5, 5.41) is 6.56. The van der Waals surface area contributed by atoms with Crippen LogP contribution in [0, 0.1) is 0 Å². The fourth-order valence-electron chi connectivity index (χ4n) is 1.80. The van der Waals surface area contributed by atoms with Gasteiger partial charge in [-0.2, -0.15) is 5.10 Å². The van der Waals surface area contributed by atoms with E-state index in [1.807, 2.05) is 30.3 Å². The highest BCUT2D eigenvalue weighted by Crippen LogP contribution is 2.07. The van der Waals surface area contributed by atoms with E-state index in [9.17, 15) is 9.59 Å². The molecule has 2 amide bonds. The number of carbonyl (C=O) groups excluding carboxylic acids is 2. The first kappa shape index (κ1) is 16.2. The normalized spacial score (nSPS) is 10.8. The minimum absolute atomic E-state index is 0.121. The average molecular weight is 307 g/mol. The Balaban J connectivity index is 1.85. The summed E-state index contributed by atoms with van der Waals surface area (Å²) in [5.41, 5.74) is 4.89. The van der Waals surface area contributed by atoms with Crippen molar-refractivity contribution in [2.75, 3.05) is 5.32 Å². The molecule has 2 aromatic rings. The van der Waals surface area contributed by atoms with Crippen LogP contribution in [0.1, 0.15) is 18.1 Å². The maximum atomic E-state index is 11.6. The van der Waals surface area contributed by atoms with Gasteiger partial charge in [-0.3, -0.25) is 9.59 Å². The summed E-state index contributed by atoms with van der Waals surface area (Å²) >= 11 is 0. The van der Waals surface area contributed by atoms with E-state index in [2.05, 4.69) is 15.8 Å². The average Bonchev–Trinajstić information content (AvgIpc) is 2.55. The van der Waals surface area contributed by atoms with Gasteiger partial charge in [0, 0.05) is 18.7 Å². The van der Waals surface area contributed by atoms with Crippen LogP contribution in [0.2, 0.25) is 0 Å². The van der Waals surface area contributed by atoms with Crippen molar-refractivity contribution in [1.82, 2.24) is 5.43 Å². The molecule has 0 aliphatic carbocycles. The van der Waals surface area contributed by atoms with Crippen molar-refractivity contribution >= 4 is 29.8 Å². The topological polar surface area (TPSA) is 70.6 Å². The Labute approximate surface area is 134 Å². The maximum Gasteiger partial charge on any atom is 0.264 e. The fourth-order valence-corrected chi connectivity index (χ4v) is 1.80. The van der Waals surface area contributed by atoms with Crippen LogP contribution in [0.5, 0.6) is 0 Å². The standard InChI is InChI=1S/C18H17N3O2/c1-14(22)20-17-10-7-16(8-11-17)13-19-21-18(23)12-9-15-5-3-2-4-6-15/h2-13H,1H3,(H,20,22)(H,21,23)/b12-9+,19-13+. The molecule has 0 saturated carbocycles. The van der Waals surface area contributed by atoms with Gasteiger partial charge in [0.15, 0.2) is 0 Å². The van der Waals surface area contributed by atoms with Gasteiger partial charge in [0.1, 0.15) is 0 Å². The third-order valence-corrected chi connectivity index (χ3v) is 2.85. The molecule has 0 aromatic heterocycles. The number of hydrogen-bond acceptors (Lipinski definition) is 3. The Morgan fingerprint density at radius 1 is 0.957 bits per heavy atom. The van der Waals surface area contributed by atoms with Crippen molar-refractivity contribution in [2.45, 2.75) is 6.92 Å². The number of rotatable bonds is 5. The molecule has 0 spiro atoms. The predicted molar refractivity (Wildman–Crippen MR) is 92.0 cm³/mol. The summed E-state index contributed by atoms with van der Waals surface area (Å²) in [6, 6.07) is 16.6. The molecule has 0 atom stereocenters. The van der Waals surface area contributed by atoms with Crippen LogP contribution in [0.15, 0.2) is 65.8 Å². The zero-order valence-electron chi connectivity index (χ0n) is 12.7. The number of nitrogens with zero attached hydrogens (tertiary/aromatic N) is 1. The molecule has 116 valence electrons. The van der Waals surface area contributed by atoms with Crippen molar-refractivity contribution in [1.29, 1.82) is 0 Å². The van der Waals surface area contributed by atoms with E-state index in [4.69, 9.17) is 0 Å². The van der Waals surface area contributed by atoms with Gasteiger partial charge in [-0.25, -0.2) is 5.43 Å². The first-order valence-corrected chi connectivity index (χ1v) is 7.07. The number of amides is 2. The van der Waals surface area contributed by atoms with Gasteiger partial charge < -0.3 is 5.32 Å². The van der Waals surface area contributed by atoms with E-state index in [0.29, 0.717) is 5.69 Å². The third kappa shape index (κ3) is 5.97. The Morgan fingerprint density at radius 2 is 1.65 bits per heavy atom. The molecule has 0 saturated heterocycles. The van der Waals surface area contributed by atoms with Crippen LogP contribution in [0.3, 0.4) is 0 Å². The minimum Gasteiger partial charge on any atom is -0.326 e. The Morgan fingerprint density at radius 3 is 2.30 bits per heavy atom. The molecule has 5 heteroatoms. The number of benzene rings is 2. The van der Waals surface area contributed by atoms with Crippen LogP contribution in [-0.4, -0.2) is 18.0 Å². The summed E-state index contributed by atoms with van der Waals surface area (Å²) in [6.45, 7) is 1.45. The lowest BCUT2D eigenvalue weighted by atomic mass is 10.2. The first-order chi connectivity index (χ1) is 11.1. The van der Waals surface area contributed by atoms with Crippen LogP contribution in [0.25, 0.3) is 6.08 Å². The second kappa shape index (κ2) is 8.29. The molecule has 0 aliphatic heterocycles. The predicted octanol–water partition coefficient (Wildman–Crippen LogP) is 2.81. The number of anilines is 1. The highest BCUT2D eigenvalue weighted by molar-refractivity contribution is 5.93. The van der Waals surface area contributed by atoms with E-state index in [0.717, 1.165) is 11.1 Å². The molecule has 0 bridgehead atoms. The Kier molecular flexibility index (Phi) is 5.82. The zero-order chi connectivity index (χ0) is 16.5. The van der Waals surface area contributed by atoms with Crippen molar-refractivity contribution in [3.63, 3.8) is 0 Å². The highest BCUT2D eigenvalue weighted by Gasteiger charge is 1.95. The molecule has 2 N–H and O–H groups in total. The highest BCUT2D eigenvalue weighted by atomic mass is 16.2. The SMILES string of the molecule is CC(=O)Nc1ccc(/C=N/NC(=O)/C=C/c2ccccc2)cc1. The first-order valence-electron chi connectivity index (χ1n) is 7.07. The molecular formula is C18H17N3O2. The van der Waals surface area contributed by atoms with Gasteiger partial charge in [0.25, 0.3) is 5.91 Å². The van der Waals surface area contributed by atoms with Crippen LogP contribution in [0.4, 0.5) is 5.69 Å². The van der Waals surface area contributed by atoms with E-state index in [-0.39, 0.29) is 11.8 Å². The quantitative estimate of drug-likeness (QED) is 0.506. The Bertz CT molecular complexity index is 720. The van der Waals surface area contributed by atoms with E-state index in [1.54, 1.807) is 30.3 Å². The lowest BCUT2D eigenvalue weighted by Crippen LogP contribution is -2.14. The minimum atomic E-state index is -0.306. The number of carbonyl (C=O) groups is 2. The molecule has 0 heterocycles. The summed E-state index contributed by atoms with van der Waals surface area (Å²) in [7, 11) is 0. The molecule has 0 aliphatic rings. The fraction of sp³-hybridized carbons (Fsp3) is 0.0556. The monoisotopic (exact) mass is 307 g/mol. The summed E-state index contributed by atoms with van der Waals surface area (Å²) < 4.78 is 0. The largest absolute Gasteiger partial charge is 0.326 e. The van der Waals surface area contributed by atoms with Crippen molar-refractivity contribution in [3.05, 3.63) is 71.8 Å². The number of hydrogen-bond donors (Lipinski definition) is 2. The summed E-state index contributed by atoms with van der Waals surface area (Å²) in [5.74, 6) is -0.427. The molecule has 2 aromatic carbocycles. The third-order valence-electron chi connectivity index (χ3n) is 2.85. The zero-order valence-corrected chi connectivity index (χ0v) is 12.7. The van der Waals surface area contributed by atoms with Gasteiger partial charge in [-0.05, 0) is 29.3 Å². The van der Waals surface area contributed by atoms with Crippen molar-refractivity contribution in [2.24, 2.45) is 5.10 Å². The smallest absolute Gasteiger partial charge is 0.264 e. The van der Waals surface area contributed by atoms with Gasteiger partial charge in [0.2, 0.25) is 5.91 Å². The van der Waals surface area contributed by atoms with Crippen molar-refractivity contribution < 1.29 is 9.59 Å². The molecule has 23 heavy (non-hydrogen) atoms. The lowest BCUT2D eigenvalue weighted by molar-refractivity contribution is -0.116.